The van der Waals surface area contributed by atoms with Crippen molar-refractivity contribution in [3.05, 3.63) is 0 Å². The standard InChI is InChI=1S/C10H18O3/c1-2-9(12)7-10(8-11)5-3-4-6-13-10/h8-9,12H,2-7H2,1H3. The van der Waals surface area contributed by atoms with Crippen LogP contribution in [-0.4, -0.2) is 29.7 Å². The summed E-state index contributed by atoms with van der Waals surface area (Å²) in [6.45, 7) is 2.56. The van der Waals surface area contributed by atoms with Crippen LogP contribution in [0, 0.1) is 0 Å². The van der Waals surface area contributed by atoms with Gasteiger partial charge in [0.25, 0.3) is 0 Å². The van der Waals surface area contributed by atoms with Crippen LogP contribution in [-0.2, 0) is 9.53 Å². The number of hydrogen-bond donors (Lipinski definition) is 1. The lowest BCUT2D eigenvalue weighted by Gasteiger charge is -2.33. The Kier molecular flexibility index (Phi) is 3.88. The molecule has 1 N–H and O–H groups in total. The molecule has 2 unspecified atom stereocenters. The van der Waals surface area contributed by atoms with Crippen molar-refractivity contribution in [2.75, 3.05) is 6.61 Å². The van der Waals surface area contributed by atoms with Crippen LogP contribution in [0.5, 0.6) is 0 Å². The first-order valence-electron chi connectivity index (χ1n) is 5.01. The van der Waals surface area contributed by atoms with Gasteiger partial charge in [-0.1, -0.05) is 6.92 Å². The van der Waals surface area contributed by atoms with Gasteiger partial charge in [-0.15, -0.1) is 0 Å². The molecule has 0 saturated carbocycles. The second-order valence-electron chi connectivity index (χ2n) is 3.75. The molecule has 0 amide bonds. The topological polar surface area (TPSA) is 46.5 Å². The molecule has 1 aliphatic rings. The molecule has 3 nitrogen and oxygen atoms in total. The number of aliphatic hydroxyl groups is 1. The molecule has 0 aromatic carbocycles. The van der Waals surface area contributed by atoms with Crippen LogP contribution in [0.2, 0.25) is 0 Å². The highest BCUT2D eigenvalue weighted by Crippen LogP contribution is 2.28. The lowest BCUT2D eigenvalue weighted by Crippen LogP contribution is -2.41. The van der Waals surface area contributed by atoms with Gasteiger partial charge in [0.1, 0.15) is 5.60 Å². The zero-order valence-electron chi connectivity index (χ0n) is 8.16. The summed E-state index contributed by atoms with van der Waals surface area (Å²) in [6.07, 6.45) is 4.39. The van der Waals surface area contributed by atoms with Crippen molar-refractivity contribution < 1.29 is 14.6 Å². The fourth-order valence-electron chi connectivity index (χ4n) is 1.72. The van der Waals surface area contributed by atoms with E-state index >= 15 is 0 Å². The van der Waals surface area contributed by atoms with Gasteiger partial charge in [-0.25, -0.2) is 0 Å². The first-order valence-corrected chi connectivity index (χ1v) is 5.01. The quantitative estimate of drug-likeness (QED) is 0.673. The van der Waals surface area contributed by atoms with Crippen LogP contribution in [0.15, 0.2) is 0 Å². The van der Waals surface area contributed by atoms with Crippen LogP contribution in [0.25, 0.3) is 0 Å². The van der Waals surface area contributed by atoms with E-state index in [4.69, 9.17) is 4.74 Å². The van der Waals surface area contributed by atoms with E-state index in [-0.39, 0.29) is 0 Å². The average molecular weight is 186 g/mol. The molecule has 13 heavy (non-hydrogen) atoms. The molecule has 1 rings (SSSR count). The second-order valence-corrected chi connectivity index (χ2v) is 3.75. The Morgan fingerprint density at radius 2 is 2.38 bits per heavy atom. The molecule has 1 fully saturated rings. The minimum Gasteiger partial charge on any atom is -0.393 e. The third kappa shape index (κ3) is 2.78. The van der Waals surface area contributed by atoms with Gasteiger partial charge in [-0.2, -0.15) is 0 Å². The van der Waals surface area contributed by atoms with E-state index in [0.29, 0.717) is 19.4 Å². The lowest BCUT2D eigenvalue weighted by atomic mass is 9.89. The van der Waals surface area contributed by atoms with Crippen molar-refractivity contribution in [3.63, 3.8) is 0 Å². The molecule has 1 heterocycles. The largest absolute Gasteiger partial charge is 0.393 e. The molecule has 0 bridgehead atoms. The van der Waals surface area contributed by atoms with Gasteiger partial charge in [-0.05, 0) is 25.7 Å². The molecule has 2 atom stereocenters. The van der Waals surface area contributed by atoms with Crippen LogP contribution >= 0.6 is 0 Å². The van der Waals surface area contributed by atoms with Crippen LogP contribution < -0.4 is 0 Å². The fourth-order valence-corrected chi connectivity index (χ4v) is 1.72. The first-order chi connectivity index (χ1) is 6.22. The summed E-state index contributed by atoms with van der Waals surface area (Å²) in [5.41, 5.74) is -0.687. The Labute approximate surface area is 79.1 Å². The van der Waals surface area contributed by atoms with Crippen molar-refractivity contribution in [2.24, 2.45) is 0 Å². The molecular formula is C10H18O3. The van der Waals surface area contributed by atoms with E-state index in [1.807, 2.05) is 6.92 Å². The predicted molar refractivity (Wildman–Crippen MR) is 49.5 cm³/mol. The predicted octanol–water partition coefficient (Wildman–Crippen LogP) is 1.29. The van der Waals surface area contributed by atoms with Gasteiger partial charge in [-0.3, -0.25) is 0 Å². The number of carbonyl (C=O) groups is 1. The van der Waals surface area contributed by atoms with E-state index in [9.17, 15) is 9.90 Å². The first kappa shape index (κ1) is 10.7. The van der Waals surface area contributed by atoms with E-state index in [1.54, 1.807) is 0 Å². The molecular weight excluding hydrogens is 168 g/mol. The SMILES string of the molecule is CCC(O)CC1(C=O)CCCCO1. The van der Waals surface area contributed by atoms with E-state index in [1.165, 1.54) is 0 Å². The monoisotopic (exact) mass is 186 g/mol. The summed E-state index contributed by atoms with van der Waals surface area (Å²) in [5.74, 6) is 0. The molecule has 1 aliphatic heterocycles. The number of carbonyl (C=O) groups excluding carboxylic acids is 1. The smallest absolute Gasteiger partial charge is 0.151 e. The van der Waals surface area contributed by atoms with E-state index < -0.39 is 11.7 Å². The summed E-state index contributed by atoms with van der Waals surface area (Å²) in [4.78, 5) is 10.9. The number of hydrogen-bond acceptors (Lipinski definition) is 3. The van der Waals surface area contributed by atoms with Gasteiger partial charge in [0.2, 0.25) is 0 Å². The van der Waals surface area contributed by atoms with E-state index in [0.717, 1.165) is 25.5 Å². The Balaban J connectivity index is 2.52. The lowest BCUT2D eigenvalue weighted by molar-refractivity contribution is -0.143. The maximum atomic E-state index is 10.9. The van der Waals surface area contributed by atoms with E-state index in [2.05, 4.69) is 0 Å². The molecule has 1 saturated heterocycles. The third-order valence-corrected chi connectivity index (χ3v) is 2.65. The fraction of sp³-hybridized carbons (Fsp3) is 0.900. The number of aliphatic hydroxyl groups excluding tert-OH is 1. The third-order valence-electron chi connectivity index (χ3n) is 2.65. The Morgan fingerprint density at radius 3 is 2.85 bits per heavy atom. The minimum atomic E-state index is -0.687. The van der Waals surface area contributed by atoms with Gasteiger partial charge >= 0.3 is 0 Å². The highest BCUT2D eigenvalue weighted by Gasteiger charge is 2.34. The van der Waals surface area contributed by atoms with Crippen molar-refractivity contribution >= 4 is 6.29 Å². The number of ether oxygens (including phenoxy) is 1. The second kappa shape index (κ2) is 4.72. The van der Waals surface area contributed by atoms with Gasteiger partial charge in [0.15, 0.2) is 6.29 Å². The Bertz CT molecular complexity index is 162. The maximum Gasteiger partial charge on any atom is 0.151 e. The molecule has 0 aromatic heterocycles. The molecule has 0 radical (unpaired) electrons. The Hall–Kier alpha value is -0.410. The maximum absolute atomic E-state index is 10.9. The summed E-state index contributed by atoms with van der Waals surface area (Å²) in [5, 5.41) is 9.47. The molecule has 3 heteroatoms. The van der Waals surface area contributed by atoms with Crippen molar-refractivity contribution in [3.8, 4) is 0 Å². The van der Waals surface area contributed by atoms with Crippen LogP contribution in [0.1, 0.15) is 39.0 Å². The van der Waals surface area contributed by atoms with Crippen LogP contribution in [0.3, 0.4) is 0 Å². The zero-order chi connectivity index (χ0) is 9.73. The van der Waals surface area contributed by atoms with Gasteiger partial charge in [0.05, 0.1) is 6.10 Å². The summed E-state index contributed by atoms with van der Waals surface area (Å²) in [6, 6.07) is 0. The zero-order valence-corrected chi connectivity index (χ0v) is 8.16. The number of aldehydes is 1. The highest BCUT2D eigenvalue weighted by atomic mass is 16.5. The van der Waals surface area contributed by atoms with Gasteiger partial charge in [0, 0.05) is 13.0 Å². The summed E-state index contributed by atoms with van der Waals surface area (Å²) >= 11 is 0. The van der Waals surface area contributed by atoms with Crippen LogP contribution in [0.4, 0.5) is 0 Å². The van der Waals surface area contributed by atoms with Crippen molar-refractivity contribution in [1.29, 1.82) is 0 Å². The van der Waals surface area contributed by atoms with Crippen molar-refractivity contribution in [1.82, 2.24) is 0 Å². The van der Waals surface area contributed by atoms with Gasteiger partial charge < -0.3 is 14.6 Å². The summed E-state index contributed by atoms with van der Waals surface area (Å²) in [7, 11) is 0. The molecule has 0 aromatic rings. The molecule has 76 valence electrons. The molecule has 0 spiro atoms. The number of rotatable bonds is 4. The summed E-state index contributed by atoms with van der Waals surface area (Å²) < 4.78 is 5.46. The highest BCUT2D eigenvalue weighted by molar-refractivity contribution is 5.62. The minimum absolute atomic E-state index is 0.414. The van der Waals surface area contributed by atoms with Crippen molar-refractivity contribution in [2.45, 2.75) is 50.7 Å². The Morgan fingerprint density at radius 1 is 1.62 bits per heavy atom. The molecule has 0 aliphatic carbocycles. The average Bonchev–Trinajstić information content (AvgIpc) is 2.19. The normalized spacial score (nSPS) is 31.2.